The van der Waals surface area contributed by atoms with E-state index in [0.717, 1.165) is 37.7 Å². The molecule has 0 aliphatic heterocycles. The zero-order valence-corrected chi connectivity index (χ0v) is 16.0. The van der Waals surface area contributed by atoms with E-state index in [4.69, 9.17) is 4.74 Å². The fourth-order valence-electron chi connectivity index (χ4n) is 3.93. The topological polar surface area (TPSA) is 9.23 Å². The molecule has 27 heavy (non-hydrogen) atoms. The predicted molar refractivity (Wildman–Crippen MR) is 108 cm³/mol. The first-order valence-electron chi connectivity index (χ1n) is 9.96. The summed E-state index contributed by atoms with van der Waals surface area (Å²) in [7, 11) is 0. The molecule has 1 saturated carbocycles. The molecule has 0 atom stereocenters. The minimum Gasteiger partial charge on any atom is -0.486 e. The highest BCUT2D eigenvalue weighted by Crippen LogP contribution is 2.38. The Morgan fingerprint density at radius 3 is 2.59 bits per heavy atom. The van der Waals surface area contributed by atoms with Crippen LogP contribution in [0.15, 0.2) is 49.1 Å². The molecule has 0 N–H and O–H groups in total. The second-order valence-electron chi connectivity index (χ2n) is 7.41. The van der Waals surface area contributed by atoms with Crippen molar-refractivity contribution in [3.63, 3.8) is 0 Å². The quantitative estimate of drug-likeness (QED) is 0.464. The standard InChI is InChI=1S/C24H28F2O/c1-3-5-6-7-17-8-10-18(11-9-17)19-12-13-20-16-22(27-14-4-2)24(26)23(25)21(20)15-19/h4,6-7,12-13,15-18H,2-3,5,8-11,14H2,1H3/b7-6+. The summed E-state index contributed by atoms with van der Waals surface area (Å²) in [6.07, 6.45) is 13.0. The Balaban J connectivity index is 1.77. The van der Waals surface area contributed by atoms with Crippen molar-refractivity contribution in [1.29, 1.82) is 0 Å². The first kappa shape index (κ1) is 19.6. The van der Waals surface area contributed by atoms with E-state index in [-0.39, 0.29) is 12.4 Å². The summed E-state index contributed by atoms with van der Waals surface area (Å²) in [6.45, 7) is 5.87. The maximum Gasteiger partial charge on any atom is 0.201 e. The summed E-state index contributed by atoms with van der Waals surface area (Å²) >= 11 is 0. The van der Waals surface area contributed by atoms with Gasteiger partial charge >= 0.3 is 0 Å². The van der Waals surface area contributed by atoms with Crippen molar-refractivity contribution in [2.75, 3.05) is 6.61 Å². The molecule has 2 aromatic carbocycles. The van der Waals surface area contributed by atoms with Crippen LogP contribution < -0.4 is 4.74 Å². The summed E-state index contributed by atoms with van der Waals surface area (Å²) in [5, 5.41) is 0.994. The molecular formula is C24H28F2O. The average molecular weight is 370 g/mol. The van der Waals surface area contributed by atoms with E-state index in [1.807, 2.05) is 12.1 Å². The van der Waals surface area contributed by atoms with Gasteiger partial charge in [0.2, 0.25) is 5.82 Å². The van der Waals surface area contributed by atoms with Gasteiger partial charge in [-0.15, -0.1) is 0 Å². The third-order valence-corrected chi connectivity index (χ3v) is 5.47. The number of benzene rings is 2. The van der Waals surface area contributed by atoms with E-state index < -0.39 is 11.6 Å². The number of ether oxygens (including phenoxy) is 1. The lowest BCUT2D eigenvalue weighted by Gasteiger charge is -2.27. The number of hydrogen-bond acceptors (Lipinski definition) is 1. The van der Waals surface area contributed by atoms with Gasteiger partial charge < -0.3 is 4.74 Å². The van der Waals surface area contributed by atoms with Crippen LogP contribution >= 0.6 is 0 Å². The molecule has 1 fully saturated rings. The third kappa shape index (κ3) is 4.58. The largest absolute Gasteiger partial charge is 0.486 e. The first-order valence-corrected chi connectivity index (χ1v) is 9.96. The molecule has 0 heterocycles. The number of unbranched alkanes of at least 4 members (excludes halogenated alkanes) is 1. The van der Waals surface area contributed by atoms with Crippen molar-refractivity contribution in [2.24, 2.45) is 5.92 Å². The second-order valence-corrected chi connectivity index (χ2v) is 7.41. The lowest BCUT2D eigenvalue weighted by molar-refractivity contribution is 0.334. The highest BCUT2D eigenvalue weighted by molar-refractivity contribution is 5.85. The monoisotopic (exact) mass is 370 g/mol. The lowest BCUT2D eigenvalue weighted by atomic mass is 9.78. The van der Waals surface area contributed by atoms with Crippen LogP contribution in [-0.2, 0) is 0 Å². The van der Waals surface area contributed by atoms with Gasteiger partial charge in [0.1, 0.15) is 6.61 Å². The average Bonchev–Trinajstić information content (AvgIpc) is 2.70. The molecule has 2 aromatic rings. The molecule has 0 bridgehead atoms. The summed E-state index contributed by atoms with van der Waals surface area (Å²) in [5.74, 6) is -0.737. The molecule has 0 spiro atoms. The van der Waals surface area contributed by atoms with Crippen molar-refractivity contribution < 1.29 is 13.5 Å². The SMILES string of the molecule is C=CCOc1cc2ccc(C3CCC(/C=C/CCC)CC3)cc2c(F)c1F. The molecule has 0 amide bonds. The van der Waals surface area contributed by atoms with Crippen LogP contribution in [0, 0.1) is 17.6 Å². The third-order valence-electron chi connectivity index (χ3n) is 5.47. The van der Waals surface area contributed by atoms with Crippen molar-refractivity contribution in [3.05, 3.63) is 66.3 Å². The lowest BCUT2D eigenvalue weighted by Crippen LogP contribution is -2.11. The van der Waals surface area contributed by atoms with Gasteiger partial charge in [-0.1, -0.05) is 50.3 Å². The number of allylic oxidation sites excluding steroid dienone is 2. The Morgan fingerprint density at radius 1 is 1.11 bits per heavy atom. The summed E-state index contributed by atoms with van der Waals surface area (Å²) < 4.78 is 34.1. The molecule has 144 valence electrons. The van der Waals surface area contributed by atoms with Crippen molar-refractivity contribution in [3.8, 4) is 5.75 Å². The van der Waals surface area contributed by atoms with Crippen LogP contribution in [-0.4, -0.2) is 6.61 Å². The van der Waals surface area contributed by atoms with E-state index in [1.165, 1.54) is 12.5 Å². The van der Waals surface area contributed by atoms with Crippen molar-refractivity contribution >= 4 is 10.8 Å². The predicted octanol–water partition coefficient (Wildman–Crippen LogP) is 7.31. The van der Waals surface area contributed by atoms with Gasteiger partial charge in [0.25, 0.3) is 0 Å². The number of halogens is 2. The zero-order valence-electron chi connectivity index (χ0n) is 16.0. The minimum absolute atomic E-state index is 0.0629. The van der Waals surface area contributed by atoms with Crippen LogP contribution in [0.2, 0.25) is 0 Å². The van der Waals surface area contributed by atoms with Crippen molar-refractivity contribution in [2.45, 2.75) is 51.4 Å². The van der Waals surface area contributed by atoms with E-state index in [0.29, 0.717) is 22.6 Å². The Hall–Kier alpha value is -2.16. The van der Waals surface area contributed by atoms with Crippen LogP contribution in [0.5, 0.6) is 5.75 Å². The molecule has 1 aliphatic rings. The number of fused-ring (bicyclic) bond motifs is 1. The Bertz CT molecular complexity index is 817. The summed E-state index contributed by atoms with van der Waals surface area (Å²) in [5.41, 5.74) is 1.11. The maximum absolute atomic E-state index is 14.6. The number of hydrogen-bond donors (Lipinski definition) is 0. The van der Waals surface area contributed by atoms with E-state index in [9.17, 15) is 8.78 Å². The molecular weight excluding hydrogens is 342 g/mol. The fraction of sp³-hybridized carbons (Fsp3) is 0.417. The maximum atomic E-state index is 14.6. The highest BCUT2D eigenvalue weighted by atomic mass is 19.2. The highest BCUT2D eigenvalue weighted by Gasteiger charge is 2.22. The Labute approximate surface area is 160 Å². The molecule has 1 nitrogen and oxygen atoms in total. The normalized spacial score (nSPS) is 20.3. The van der Waals surface area contributed by atoms with Crippen LogP contribution in [0.4, 0.5) is 8.78 Å². The van der Waals surface area contributed by atoms with Crippen LogP contribution in [0.1, 0.15) is 56.9 Å². The first-order chi connectivity index (χ1) is 13.1. The molecule has 3 rings (SSSR count). The van der Waals surface area contributed by atoms with E-state index >= 15 is 0 Å². The number of rotatable bonds is 7. The molecule has 3 heteroatoms. The molecule has 0 radical (unpaired) electrons. The van der Waals surface area contributed by atoms with Gasteiger partial charge in [0.15, 0.2) is 11.6 Å². The molecule has 1 aliphatic carbocycles. The van der Waals surface area contributed by atoms with Gasteiger partial charge in [-0.3, -0.25) is 0 Å². The fourth-order valence-corrected chi connectivity index (χ4v) is 3.93. The van der Waals surface area contributed by atoms with Gasteiger partial charge in [0, 0.05) is 5.39 Å². The Morgan fingerprint density at radius 2 is 1.89 bits per heavy atom. The van der Waals surface area contributed by atoms with Gasteiger partial charge in [-0.2, -0.15) is 4.39 Å². The minimum atomic E-state index is -0.925. The van der Waals surface area contributed by atoms with Gasteiger partial charge in [-0.25, -0.2) is 4.39 Å². The molecule has 0 saturated heterocycles. The smallest absolute Gasteiger partial charge is 0.201 e. The Kier molecular flexibility index (Phi) is 6.65. The summed E-state index contributed by atoms with van der Waals surface area (Å²) in [4.78, 5) is 0. The zero-order chi connectivity index (χ0) is 19.2. The van der Waals surface area contributed by atoms with Crippen molar-refractivity contribution in [1.82, 2.24) is 0 Å². The molecule has 0 unspecified atom stereocenters. The second kappa shape index (κ2) is 9.16. The van der Waals surface area contributed by atoms with Gasteiger partial charge in [-0.05, 0) is 67.0 Å². The van der Waals surface area contributed by atoms with E-state index in [1.54, 1.807) is 6.07 Å². The summed E-state index contributed by atoms with van der Waals surface area (Å²) in [6, 6.07) is 7.31. The van der Waals surface area contributed by atoms with Gasteiger partial charge in [0.05, 0.1) is 0 Å². The van der Waals surface area contributed by atoms with Crippen LogP contribution in [0.25, 0.3) is 10.8 Å². The van der Waals surface area contributed by atoms with Crippen LogP contribution in [0.3, 0.4) is 0 Å². The molecule has 0 aromatic heterocycles. The van der Waals surface area contributed by atoms with E-state index in [2.05, 4.69) is 31.7 Å².